The molecule has 0 N–H and O–H groups in total. The second-order valence-corrected chi connectivity index (χ2v) is 5.45. The van der Waals surface area contributed by atoms with E-state index in [1.54, 1.807) is 0 Å². The van der Waals surface area contributed by atoms with Gasteiger partial charge in [-0.25, -0.2) is 5.32 Å². The summed E-state index contributed by atoms with van der Waals surface area (Å²) in [6.45, 7) is 2.87. The third-order valence-electron chi connectivity index (χ3n) is 3.66. The predicted molar refractivity (Wildman–Crippen MR) is 84.7 cm³/mol. The van der Waals surface area contributed by atoms with Gasteiger partial charge in [0.2, 0.25) is 0 Å². The van der Waals surface area contributed by atoms with E-state index < -0.39 is 0 Å². The maximum atomic E-state index is 12.7. The smallest absolute Gasteiger partial charge is 0.254 e. The third kappa shape index (κ3) is 3.09. The number of rotatable bonds is 2. The summed E-state index contributed by atoms with van der Waals surface area (Å²) in [7, 11) is 0. The Kier molecular flexibility index (Phi) is 4.23. The topological polar surface area (TPSA) is 34.4 Å². The number of benzene rings is 2. The van der Waals surface area contributed by atoms with E-state index in [4.69, 9.17) is 11.6 Å². The maximum absolute atomic E-state index is 12.7. The van der Waals surface area contributed by atoms with Crippen LogP contribution in [0.25, 0.3) is 11.1 Å². The van der Waals surface area contributed by atoms with Crippen molar-refractivity contribution in [1.29, 1.82) is 0 Å². The molecular formula is C17H16ClN2O. The van der Waals surface area contributed by atoms with Crippen LogP contribution in [0.1, 0.15) is 10.4 Å². The number of hydrogen-bond donors (Lipinski definition) is 0. The first kappa shape index (κ1) is 14.1. The summed E-state index contributed by atoms with van der Waals surface area (Å²) in [5.41, 5.74) is 2.69. The Morgan fingerprint density at radius 1 is 1.00 bits per heavy atom. The van der Waals surface area contributed by atoms with Gasteiger partial charge in [0.05, 0.1) is 0 Å². The minimum absolute atomic E-state index is 0.0791. The summed E-state index contributed by atoms with van der Waals surface area (Å²) in [5.74, 6) is 0.0791. The fraction of sp³-hybridized carbons (Fsp3) is 0.235. The van der Waals surface area contributed by atoms with E-state index >= 15 is 0 Å². The molecule has 1 heterocycles. The van der Waals surface area contributed by atoms with Crippen molar-refractivity contribution in [2.75, 3.05) is 26.2 Å². The lowest BCUT2D eigenvalue weighted by molar-refractivity contribution is 0.0735. The minimum atomic E-state index is 0.0791. The average molecular weight is 300 g/mol. The van der Waals surface area contributed by atoms with E-state index in [1.807, 2.05) is 53.4 Å². The van der Waals surface area contributed by atoms with Crippen LogP contribution in [0, 0.1) is 0 Å². The maximum Gasteiger partial charge on any atom is 0.254 e. The molecule has 0 aliphatic carbocycles. The summed E-state index contributed by atoms with van der Waals surface area (Å²) in [5, 5.41) is 4.98. The van der Waals surface area contributed by atoms with E-state index in [0.717, 1.165) is 29.8 Å². The lowest BCUT2D eigenvalue weighted by atomic mass is 9.98. The molecule has 0 bridgehead atoms. The molecule has 0 spiro atoms. The zero-order valence-corrected chi connectivity index (χ0v) is 12.4. The van der Waals surface area contributed by atoms with Gasteiger partial charge < -0.3 is 4.90 Å². The number of piperazine rings is 1. The van der Waals surface area contributed by atoms with Crippen LogP contribution in [0.15, 0.2) is 48.5 Å². The van der Waals surface area contributed by atoms with Crippen molar-refractivity contribution in [3.63, 3.8) is 0 Å². The van der Waals surface area contributed by atoms with E-state index in [0.29, 0.717) is 18.1 Å². The zero-order valence-electron chi connectivity index (χ0n) is 11.6. The Balaban J connectivity index is 1.95. The Morgan fingerprint density at radius 2 is 1.67 bits per heavy atom. The molecule has 1 saturated heterocycles. The molecule has 2 aromatic rings. The highest BCUT2D eigenvalue weighted by Crippen LogP contribution is 2.26. The van der Waals surface area contributed by atoms with Gasteiger partial charge in [0.25, 0.3) is 5.91 Å². The molecule has 0 unspecified atom stereocenters. The van der Waals surface area contributed by atoms with Crippen LogP contribution in [0.2, 0.25) is 5.02 Å². The molecular weight excluding hydrogens is 284 g/mol. The number of halogens is 1. The highest BCUT2D eigenvalue weighted by molar-refractivity contribution is 6.30. The predicted octanol–water partition coefficient (Wildman–Crippen LogP) is 3.07. The van der Waals surface area contributed by atoms with Gasteiger partial charge >= 0.3 is 0 Å². The lowest BCUT2D eigenvalue weighted by Crippen LogP contribution is -2.43. The van der Waals surface area contributed by atoms with Gasteiger partial charge in [-0.3, -0.25) is 4.79 Å². The molecule has 1 amide bonds. The number of hydrogen-bond acceptors (Lipinski definition) is 1. The van der Waals surface area contributed by atoms with Gasteiger partial charge in [0.15, 0.2) is 0 Å². The molecule has 0 saturated carbocycles. The normalized spacial score (nSPS) is 15.0. The second kappa shape index (κ2) is 6.29. The molecule has 0 aromatic heterocycles. The van der Waals surface area contributed by atoms with Gasteiger partial charge in [-0.2, -0.15) is 0 Å². The first-order chi connectivity index (χ1) is 10.3. The Bertz CT molecular complexity index is 633. The number of carbonyl (C=O) groups excluding carboxylic acids is 1. The molecule has 1 aliphatic rings. The van der Waals surface area contributed by atoms with Gasteiger partial charge in [0.1, 0.15) is 0 Å². The van der Waals surface area contributed by atoms with Crippen molar-refractivity contribution in [2.45, 2.75) is 0 Å². The van der Waals surface area contributed by atoms with Crippen molar-refractivity contribution >= 4 is 17.5 Å². The van der Waals surface area contributed by atoms with E-state index in [9.17, 15) is 4.79 Å². The summed E-state index contributed by atoms with van der Waals surface area (Å²) in [6, 6.07) is 15.3. The molecule has 1 aliphatic heterocycles. The van der Waals surface area contributed by atoms with Crippen LogP contribution < -0.4 is 5.32 Å². The summed E-state index contributed by atoms with van der Waals surface area (Å²) < 4.78 is 0. The standard InChI is InChI=1S/C17H16ClN2O/c18-14-7-5-13(6-8-14)15-3-1-2-4-16(15)17(21)20-11-9-19-10-12-20/h1-8H,9-12H2. The molecule has 0 atom stereocenters. The molecule has 3 rings (SSSR count). The molecule has 2 aromatic carbocycles. The van der Waals surface area contributed by atoms with Gasteiger partial charge in [-0.1, -0.05) is 41.9 Å². The lowest BCUT2D eigenvalue weighted by Gasteiger charge is -2.27. The second-order valence-electron chi connectivity index (χ2n) is 5.02. The monoisotopic (exact) mass is 299 g/mol. The summed E-state index contributed by atoms with van der Waals surface area (Å²) in [4.78, 5) is 14.6. The SMILES string of the molecule is O=C(c1ccccc1-c1ccc(Cl)cc1)N1CC[N]CC1. The Labute approximate surface area is 129 Å². The van der Waals surface area contributed by atoms with Crippen LogP contribution in [-0.4, -0.2) is 37.0 Å². The van der Waals surface area contributed by atoms with Gasteiger partial charge in [-0.05, 0) is 29.3 Å². The van der Waals surface area contributed by atoms with Gasteiger partial charge in [-0.15, -0.1) is 0 Å². The third-order valence-corrected chi connectivity index (χ3v) is 3.91. The van der Waals surface area contributed by atoms with Crippen LogP contribution >= 0.6 is 11.6 Å². The number of nitrogens with zero attached hydrogens (tertiary/aromatic N) is 2. The van der Waals surface area contributed by atoms with Crippen molar-refractivity contribution in [2.24, 2.45) is 0 Å². The summed E-state index contributed by atoms with van der Waals surface area (Å²) in [6.07, 6.45) is 0. The van der Waals surface area contributed by atoms with Crippen molar-refractivity contribution in [3.8, 4) is 11.1 Å². The van der Waals surface area contributed by atoms with Crippen LogP contribution in [0.3, 0.4) is 0 Å². The highest BCUT2D eigenvalue weighted by atomic mass is 35.5. The zero-order chi connectivity index (χ0) is 14.7. The first-order valence-electron chi connectivity index (χ1n) is 7.03. The number of carbonyl (C=O) groups is 1. The van der Waals surface area contributed by atoms with Crippen molar-refractivity contribution < 1.29 is 4.79 Å². The molecule has 1 radical (unpaired) electrons. The molecule has 3 nitrogen and oxygen atoms in total. The largest absolute Gasteiger partial charge is 0.336 e. The quantitative estimate of drug-likeness (QED) is 0.839. The average Bonchev–Trinajstić information content (AvgIpc) is 2.56. The molecule has 21 heavy (non-hydrogen) atoms. The Hall–Kier alpha value is -1.84. The highest BCUT2D eigenvalue weighted by Gasteiger charge is 2.21. The van der Waals surface area contributed by atoms with Crippen LogP contribution in [0.4, 0.5) is 0 Å². The number of amides is 1. The van der Waals surface area contributed by atoms with E-state index in [-0.39, 0.29) is 5.91 Å². The first-order valence-corrected chi connectivity index (χ1v) is 7.41. The minimum Gasteiger partial charge on any atom is -0.336 e. The van der Waals surface area contributed by atoms with E-state index in [2.05, 4.69) is 5.32 Å². The van der Waals surface area contributed by atoms with Crippen molar-refractivity contribution in [3.05, 3.63) is 59.1 Å². The van der Waals surface area contributed by atoms with E-state index in [1.165, 1.54) is 0 Å². The fourth-order valence-corrected chi connectivity index (χ4v) is 2.66. The molecule has 107 valence electrons. The van der Waals surface area contributed by atoms with Crippen LogP contribution in [0.5, 0.6) is 0 Å². The van der Waals surface area contributed by atoms with Crippen LogP contribution in [-0.2, 0) is 0 Å². The molecule has 1 fully saturated rings. The van der Waals surface area contributed by atoms with Gasteiger partial charge in [0, 0.05) is 36.8 Å². The van der Waals surface area contributed by atoms with Crippen molar-refractivity contribution in [1.82, 2.24) is 10.2 Å². The molecule has 4 heteroatoms. The Morgan fingerprint density at radius 3 is 2.38 bits per heavy atom. The summed E-state index contributed by atoms with van der Waals surface area (Å²) >= 11 is 5.94. The fourth-order valence-electron chi connectivity index (χ4n) is 2.53.